The van der Waals surface area contributed by atoms with Crippen LogP contribution in [0.25, 0.3) is 0 Å². The molecule has 0 spiro atoms. The molecule has 18 heavy (non-hydrogen) atoms. The summed E-state index contributed by atoms with van der Waals surface area (Å²) in [5, 5.41) is 3.03. The lowest BCUT2D eigenvalue weighted by atomic mass is 10.3. The summed E-state index contributed by atoms with van der Waals surface area (Å²) >= 11 is 0. The van der Waals surface area contributed by atoms with Crippen molar-refractivity contribution in [3.05, 3.63) is 60.7 Å². The molecule has 0 bridgehead atoms. The molecule has 98 valence electrons. The van der Waals surface area contributed by atoms with E-state index >= 15 is 0 Å². The fraction of sp³-hybridized carbons (Fsp3) is 0.250. The number of para-hydroxylation sites is 2. The predicted octanol–water partition coefficient (Wildman–Crippen LogP) is 4.45. The van der Waals surface area contributed by atoms with Crippen LogP contribution in [-0.4, -0.2) is 14.2 Å². The van der Waals surface area contributed by atoms with Gasteiger partial charge in [-0.3, -0.25) is 0 Å². The molecule has 0 aliphatic carbocycles. The van der Waals surface area contributed by atoms with E-state index in [2.05, 4.69) is 5.32 Å². The summed E-state index contributed by atoms with van der Waals surface area (Å²) in [5.41, 5.74) is 1.16. The molecule has 0 unspecified atom stereocenters. The molecule has 0 amide bonds. The summed E-state index contributed by atoms with van der Waals surface area (Å²) in [6, 6.07) is 19.7. The van der Waals surface area contributed by atoms with Crippen molar-refractivity contribution in [2.75, 3.05) is 19.5 Å². The Kier molecular flexibility index (Phi) is 10.3. The topological polar surface area (TPSA) is 21.3 Å². The highest BCUT2D eigenvalue weighted by molar-refractivity contribution is 5.41. The first-order valence-corrected chi connectivity index (χ1v) is 6.18. The maximum Gasteiger partial charge on any atom is 0.118 e. The molecule has 0 radical (unpaired) electrons. The molecule has 2 nitrogen and oxygen atoms in total. The van der Waals surface area contributed by atoms with Crippen molar-refractivity contribution < 1.29 is 4.74 Å². The normalized spacial score (nSPS) is 8.00. The van der Waals surface area contributed by atoms with E-state index in [-0.39, 0.29) is 0 Å². The smallest absolute Gasteiger partial charge is 0.118 e. The molecule has 0 aliphatic heterocycles. The van der Waals surface area contributed by atoms with Crippen molar-refractivity contribution in [3.63, 3.8) is 0 Å². The first-order valence-electron chi connectivity index (χ1n) is 6.18. The molecule has 2 heteroatoms. The molecule has 2 rings (SSSR count). The maximum atomic E-state index is 4.91. The summed E-state index contributed by atoms with van der Waals surface area (Å²) in [5.74, 6) is 0.910. The van der Waals surface area contributed by atoms with Crippen LogP contribution in [0.4, 0.5) is 5.69 Å². The van der Waals surface area contributed by atoms with E-state index in [1.54, 1.807) is 7.11 Å². The zero-order chi connectivity index (χ0) is 13.6. The Balaban J connectivity index is 0.000000283. The van der Waals surface area contributed by atoms with Crippen molar-refractivity contribution >= 4 is 5.69 Å². The Bertz CT molecular complexity index is 333. The second kappa shape index (κ2) is 11.5. The summed E-state index contributed by atoms with van der Waals surface area (Å²) in [6.07, 6.45) is 0. The maximum absolute atomic E-state index is 4.91. The fourth-order valence-electron chi connectivity index (χ4n) is 1.16. The van der Waals surface area contributed by atoms with E-state index in [1.807, 2.05) is 81.6 Å². The number of methoxy groups -OCH3 is 1. The van der Waals surface area contributed by atoms with E-state index < -0.39 is 0 Å². The molecule has 0 aliphatic rings. The molecule has 0 heterocycles. The Morgan fingerprint density at radius 2 is 1.22 bits per heavy atom. The third kappa shape index (κ3) is 7.34. The number of hydrogen-bond acceptors (Lipinski definition) is 2. The minimum absolute atomic E-state index is 0.910. The van der Waals surface area contributed by atoms with Crippen LogP contribution in [-0.2, 0) is 0 Å². The van der Waals surface area contributed by atoms with Gasteiger partial charge in [-0.2, -0.15) is 0 Å². The quantitative estimate of drug-likeness (QED) is 0.844. The van der Waals surface area contributed by atoms with Crippen molar-refractivity contribution in [3.8, 4) is 5.75 Å². The van der Waals surface area contributed by atoms with E-state index in [4.69, 9.17) is 4.74 Å². The number of benzene rings is 2. The second-order valence-corrected chi connectivity index (χ2v) is 3.13. The Morgan fingerprint density at radius 3 is 1.50 bits per heavy atom. The van der Waals surface area contributed by atoms with Crippen LogP contribution in [0.5, 0.6) is 5.75 Å². The van der Waals surface area contributed by atoms with E-state index in [0.717, 1.165) is 11.4 Å². The molecule has 0 saturated heterocycles. The fourth-order valence-corrected chi connectivity index (χ4v) is 1.16. The van der Waals surface area contributed by atoms with Crippen molar-refractivity contribution in [2.24, 2.45) is 0 Å². The number of rotatable bonds is 2. The van der Waals surface area contributed by atoms with E-state index in [9.17, 15) is 0 Å². The van der Waals surface area contributed by atoms with Gasteiger partial charge >= 0.3 is 0 Å². The highest BCUT2D eigenvalue weighted by atomic mass is 16.5. The number of nitrogens with one attached hydrogen (secondary N) is 1. The summed E-state index contributed by atoms with van der Waals surface area (Å²) in [4.78, 5) is 0. The summed E-state index contributed by atoms with van der Waals surface area (Å²) < 4.78 is 4.91. The van der Waals surface area contributed by atoms with Crippen LogP contribution in [0.2, 0.25) is 0 Å². The molecule has 1 N–H and O–H groups in total. The zero-order valence-corrected chi connectivity index (χ0v) is 11.7. The molecule has 0 fully saturated rings. The Morgan fingerprint density at radius 1 is 0.778 bits per heavy atom. The van der Waals surface area contributed by atoms with Crippen molar-refractivity contribution in [1.29, 1.82) is 0 Å². The van der Waals surface area contributed by atoms with Gasteiger partial charge in [-0.05, 0) is 24.3 Å². The van der Waals surface area contributed by atoms with Gasteiger partial charge in [0.15, 0.2) is 0 Å². The summed E-state index contributed by atoms with van der Waals surface area (Å²) in [6.45, 7) is 4.00. The molecular formula is C16H23NO. The molecule has 2 aromatic rings. The number of hydrogen-bond donors (Lipinski definition) is 1. The lowest BCUT2D eigenvalue weighted by Gasteiger charge is -1.94. The third-order valence-electron chi connectivity index (χ3n) is 2.04. The molecule has 0 saturated carbocycles. The lowest BCUT2D eigenvalue weighted by Crippen LogP contribution is -1.84. The standard InChI is InChI=1S/C7H9N.C7H8O.C2H6/c2*1-8-7-5-3-2-4-6-7;1-2/h2-6,8H,1H3;2-6H,1H3;1-2H3. The first-order chi connectivity index (χ1) is 8.86. The highest BCUT2D eigenvalue weighted by Gasteiger charge is 1.80. The number of anilines is 1. The largest absolute Gasteiger partial charge is 0.497 e. The second-order valence-electron chi connectivity index (χ2n) is 3.13. The monoisotopic (exact) mass is 245 g/mol. The first kappa shape index (κ1) is 16.0. The highest BCUT2D eigenvalue weighted by Crippen LogP contribution is 2.05. The predicted molar refractivity (Wildman–Crippen MR) is 80.3 cm³/mol. The Labute approximate surface area is 111 Å². The van der Waals surface area contributed by atoms with Crippen molar-refractivity contribution in [1.82, 2.24) is 0 Å². The average molecular weight is 245 g/mol. The SMILES string of the molecule is CC.CNc1ccccc1.COc1ccccc1. The lowest BCUT2D eigenvalue weighted by molar-refractivity contribution is 0.415. The molecule has 0 atom stereocenters. The third-order valence-corrected chi connectivity index (χ3v) is 2.04. The van der Waals surface area contributed by atoms with Gasteiger partial charge in [0.1, 0.15) is 5.75 Å². The van der Waals surface area contributed by atoms with Crippen LogP contribution in [0.15, 0.2) is 60.7 Å². The van der Waals surface area contributed by atoms with Gasteiger partial charge in [0.2, 0.25) is 0 Å². The van der Waals surface area contributed by atoms with Crippen LogP contribution < -0.4 is 10.1 Å². The van der Waals surface area contributed by atoms with Crippen LogP contribution in [0.3, 0.4) is 0 Å². The molecule has 2 aromatic carbocycles. The van der Waals surface area contributed by atoms with Gasteiger partial charge in [-0.1, -0.05) is 50.2 Å². The summed E-state index contributed by atoms with van der Waals surface area (Å²) in [7, 11) is 3.57. The van der Waals surface area contributed by atoms with Gasteiger partial charge in [-0.15, -0.1) is 0 Å². The van der Waals surface area contributed by atoms with Crippen LogP contribution in [0, 0.1) is 0 Å². The van der Waals surface area contributed by atoms with E-state index in [1.165, 1.54) is 0 Å². The average Bonchev–Trinajstić information content (AvgIpc) is 2.51. The Hall–Kier alpha value is -1.96. The van der Waals surface area contributed by atoms with Gasteiger partial charge in [0.05, 0.1) is 7.11 Å². The zero-order valence-electron chi connectivity index (χ0n) is 11.7. The van der Waals surface area contributed by atoms with Gasteiger partial charge in [-0.25, -0.2) is 0 Å². The van der Waals surface area contributed by atoms with Crippen molar-refractivity contribution in [2.45, 2.75) is 13.8 Å². The minimum Gasteiger partial charge on any atom is -0.497 e. The van der Waals surface area contributed by atoms with Gasteiger partial charge < -0.3 is 10.1 Å². The molecule has 0 aromatic heterocycles. The molecular weight excluding hydrogens is 222 g/mol. The van der Waals surface area contributed by atoms with Gasteiger partial charge in [0.25, 0.3) is 0 Å². The van der Waals surface area contributed by atoms with E-state index in [0.29, 0.717) is 0 Å². The van der Waals surface area contributed by atoms with Crippen LogP contribution >= 0.6 is 0 Å². The number of ether oxygens (including phenoxy) is 1. The van der Waals surface area contributed by atoms with Crippen LogP contribution in [0.1, 0.15) is 13.8 Å². The minimum atomic E-state index is 0.910. The van der Waals surface area contributed by atoms with Gasteiger partial charge in [0, 0.05) is 12.7 Å².